The number of nitrogens with zero attached hydrogens (tertiary/aromatic N) is 4. The first-order chi connectivity index (χ1) is 20.0. The van der Waals surface area contributed by atoms with Crippen molar-refractivity contribution in [3.05, 3.63) is 84.5 Å². The highest BCUT2D eigenvalue weighted by Crippen LogP contribution is 2.30. The second-order valence-corrected chi connectivity index (χ2v) is 10.3. The van der Waals surface area contributed by atoms with E-state index in [1.807, 2.05) is 6.92 Å². The highest BCUT2D eigenvalue weighted by molar-refractivity contribution is 6.30. The third-order valence-corrected chi connectivity index (χ3v) is 7.34. The molecule has 0 unspecified atom stereocenters. The number of hydrogen-bond donors (Lipinski definition) is 3. The number of carboxylic acids is 1. The molecule has 0 fully saturated rings. The zero-order chi connectivity index (χ0) is 30.6. The molecule has 2 aromatic carbocycles. The van der Waals surface area contributed by atoms with Gasteiger partial charge in [0.1, 0.15) is 11.3 Å². The molecule has 42 heavy (non-hydrogen) atoms. The molecule has 14 nitrogen and oxygen atoms in total. The summed E-state index contributed by atoms with van der Waals surface area (Å²) in [4.78, 5) is 63.2. The van der Waals surface area contributed by atoms with Crippen molar-refractivity contribution in [1.82, 2.24) is 25.0 Å². The quantitative estimate of drug-likeness (QED) is 0.230. The second kappa shape index (κ2) is 12.9. The number of fused-ring (bicyclic) bond motifs is 1. The van der Waals surface area contributed by atoms with Gasteiger partial charge in [-0.05, 0) is 48.2 Å². The molecular formula is C27H29ClN6O8. The van der Waals surface area contributed by atoms with E-state index in [0.29, 0.717) is 34.7 Å². The van der Waals surface area contributed by atoms with Crippen LogP contribution >= 0.6 is 11.6 Å². The number of aromatic amines is 1. The minimum atomic E-state index is -1.45. The molecule has 0 saturated carbocycles. The van der Waals surface area contributed by atoms with Crippen LogP contribution in [0.3, 0.4) is 0 Å². The normalized spacial score (nSPS) is 15.5. The summed E-state index contributed by atoms with van der Waals surface area (Å²) in [5, 5.41) is 30.5. The zero-order valence-corrected chi connectivity index (χ0v) is 23.6. The Bertz CT molecular complexity index is 1580. The van der Waals surface area contributed by atoms with Crippen LogP contribution in [-0.2, 0) is 24.3 Å². The number of imide groups is 1. The van der Waals surface area contributed by atoms with Crippen molar-refractivity contribution in [1.29, 1.82) is 0 Å². The number of H-pyrrole nitrogens is 1. The van der Waals surface area contributed by atoms with Gasteiger partial charge in [0, 0.05) is 17.6 Å². The van der Waals surface area contributed by atoms with Gasteiger partial charge in [0.15, 0.2) is 5.82 Å². The summed E-state index contributed by atoms with van der Waals surface area (Å²) in [6.45, 7) is 1.58. The summed E-state index contributed by atoms with van der Waals surface area (Å²) in [6, 6.07) is 7.02. The standard InChI is InChI=1S/C27H29ClN6O8/c1-3-4-5-20(15-6-8-19(25(36)37)21(12-15)34(40)41)29-26(38)33-14-23-30-31-27(39)32(23)13-17(24(33)35)10-16-11-18(28)7-9-22(16)42-2/h6-9,11-12,17,20H,3-5,10,13-14H2,1-2H3,(H,29,38)(H,31,39)(H,36,37)/t17-,20+/m0/s1. The number of amides is 3. The summed E-state index contributed by atoms with van der Waals surface area (Å²) < 4.78 is 6.72. The van der Waals surface area contributed by atoms with E-state index in [-0.39, 0.29) is 25.3 Å². The van der Waals surface area contributed by atoms with E-state index in [1.165, 1.54) is 17.7 Å². The monoisotopic (exact) mass is 600 g/mol. The Morgan fingerprint density at radius 2 is 2.05 bits per heavy atom. The SMILES string of the molecule is CCCC[C@@H](NC(=O)N1Cc2n[nH]c(=O)n2C[C@H](Cc2cc(Cl)ccc2OC)C1=O)c1ccc(C(=O)O)c([N+](=O)[O-])c1. The van der Waals surface area contributed by atoms with E-state index >= 15 is 0 Å². The van der Waals surface area contributed by atoms with Gasteiger partial charge >= 0.3 is 17.7 Å². The van der Waals surface area contributed by atoms with Crippen molar-refractivity contribution in [2.75, 3.05) is 7.11 Å². The van der Waals surface area contributed by atoms with Crippen molar-refractivity contribution in [3.8, 4) is 5.75 Å². The Morgan fingerprint density at radius 1 is 1.29 bits per heavy atom. The van der Waals surface area contributed by atoms with Crippen LogP contribution in [0.15, 0.2) is 41.2 Å². The molecule has 3 N–H and O–H groups in total. The van der Waals surface area contributed by atoms with E-state index in [2.05, 4.69) is 15.5 Å². The van der Waals surface area contributed by atoms with Crippen LogP contribution in [0.4, 0.5) is 10.5 Å². The highest BCUT2D eigenvalue weighted by Gasteiger charge is 2.36. The maximum Gasteiger partial charge on any atom is 0.343 e. The Kier molecular flexibility index (Phi) is 9.25. The average Bonchev–Trinajstić information content (AvgIpc) is 3.23. The first-order valence-corrected chi connectivity index (χ1v) is 13.5. The molecular weight excluding hydrogens is 572 g/mol. The molecule has 1 aliphatic heterocycles. The summed E-state index contributed by atoms with van der Waals surface area (Å²) in [5.41, 5.74) is -0.710. The highest BCUT2D eigenvalue weighted by atomic mass is 35.5. The van der Waals surface area contributed by atoms with Crippen molar-refractivity contribution in [2.45, 2.75) is 51.7 Å². The van der Waals surface area contributed by atoms with Crippen LogP contribution in [0.25, 0.3) is 0 Å². The van der Waals surface area contributed by atoms with Crippen molar-refractivity contribution in [3.63, 3.8) is 0 Å². The fourth-order valence-corrected chi connectivity index (χ4v) is 5.14. The van der Waals surface area contributed by atoms with E-state index in [0.717, 1.165) is 23.5 Å². The van der Waals surface area contributed by atoms with E-state index in [9.17, 15) is 34.4 Å². The maximum absolute atomic E-state index is 13.8. The summed E-state index contributed by atoms with van der Waals surface area (Å²) >= 11 is 6.18. The molecule has 15 heteroatoms. The van der Waals surface area contributed by atoms with Crippen LogP contribution in [0.1, 0.15) is 59.5 Å². The number of carbonyl (C=O) groups excluding carboxylic acids is 2. The number of hydrogen-bond acceptors (Lipinski definition) is 8. The molecule has 0 spiro atoms. The van der Waals surface area contributed by atoms with Crippen molar-refractivity contribution < 1.29 is 29.2 Å². The van der Waals surface area contributed by atoms with Crippen LogP contribution < -0.4 is 15.7 Å². The van der Waals surface area contributed by atoms with Gasteiger partial charge in [0.2, 0.25) is 5.91 Å². The molecule has 2 atom stereocenters. The smallest absolute Gasteiger partial charge is 0.343 e. The molecule has 4 rings (SSSR count). The molecule has 3 amide bonds. The number of rotatable bonds is 10. The van der Waals surface area contributed by atoms with Gasteiger partial charge in [0.05, 0.1) is 30.5 Å². The van der Waals surface area contributed by atoms with Gasteiger partial charge in [0.25, 0.3) is 5.69 Å². The number of benzene rings is 2. The Hall–Kier alpha value is -4.72. The number of nitrogens with one attached hydrogen (secondary N) is 2. The Morgan fingerprint density at radius 3 is 2.71 bits per heavy atom. The average molecular weight is 601 g/mol. The Labute approximate surface area is 244 Å². The summed E-state index contributed by atoms with van der Waals surface area (Å²) in [7, 11) is 1.48. The molecule has 2 heterocycles. The molecule has 0 bridgehead atoms. The molecule has 0 saturated heterocycles. The van der Waals surface area contributed by atoms with Gasteiger partial charge in [-0.3, -0.25) is 24.4 Å². The second-order valence-electron chi connectivity index (χ2n) is 9.82. The number of nitro benzene ring substituents is 1. The molecule has 1 aliphatic rings. The lowest BCUT2D eigenvalue weighted by atomic mass is 9.97. The first kappa shape index (κ1) is 30.2. The number of nitro groups is 1. The number of methoxy groups -OCH3 is 1. The third kappa shape index (κ3) is 6.43. The predicted octanol–water partition coefficient (Wildman–Crippen LogP) is 3.68. The molecule has 1 aromatic heterocycles. The molecule has 3 aromatic rings. The topological polar surface area (TPSA) is 190 Å². The van der Waals surface area contributed by atoms with Crippen molar-refractivity contribution >= 4 is 35.2 Å². The third-order valence-electron chi connectivity index (χ3n) is 7.10. The minimum Gasteiger partial charge on any atom is -0.496 e. The predicted molar refractivity (Wildman–Crippen MR) is 149 cm³/mol. The van der Waals surface area contributed by atoms with Crippen LogP contribution in [0.5, 0.6) is 5.75 Å². The number of carbonyl (C=O) groups is 3. The van der Waals surface area contributed by atoms with Crippen molar-refractivity contribution in [2.24, 2.45) is 5.92 Å². The first-order valence-electron chi connectivity index (χ1n) is 13.1. The Balaban J connectivity index is 1.68. The lowest BCUT2D eigenvalue weighted by Crippen LogP contribution is -2.46. The minimum absolute atomic E-state index is 0.0505. The van der Waals surface area contributed by atoms with E-state index in [4.69, 9.17) is 16.3 Å². The molecule has 222 valence electrons. The number of aromatic nitrogens is 3. The number of urea groups is 1. The van der Waals surface area contributed by atoms with Gasteiger partial charge < -0.3 is 15.2 Å². The van der Waals surface area contributed by atoms with Gasteiger partial charge in [-0.1, -0.05) is 37.4 Å². The lowest BCUT2D eigenvalue weighted by Gasteiger charge is -2.26. The van der Waals surface area contributed by atoms with Crippen LogP contribution in [0, 0.1) is 16.0 Å². The van der Waals surface area contributed by atoms with E-state index in [1.54, 1.807) is 18.2 Å². The number of halogens is 1. The lowest BCUT2D eigenvalue weighted by molar-refractivity contribution is -0.385. The zero-order valence-electron chi connectivity index (χ0n) is 22.8. The van der Waals surface area contributed by atoms with Crippen LogP contribution in [-0.4, -0.2) is 54.7 Å². The number of unbranched alkanes of at least 4 members (excludes halogenated alkanes) is 1. The van der Waals surface area contributed by atoms with Gasteiger partial charge in [-0.15, -0.1) is 0 Å². The summed E-state index contributed by atoms with van der Waals surface area (Å²) in [5.74, 6) is -2.23. The number of ether oxygens (including phenoxy) is 1. The van der Waals surface area contributed by atoms with Gasteiger partial charge in [-0.25, -0.2) is 19.5 Å². The van der Waals surface area contributed by atoms with Gasteiger partial charge in [-0.2, -0.15) is 5.10 Å². The largest absolute Gasteiger partial charge is 0.496 e. The summed E-state index contributed by atoms with van der Waals surface area (Å²) in [6.07, 6.45) is 1.84. The number of carboxylic acid groups (broad SMARTS) is 1. The fraction of sp³-hybridized carbons (Fsp3) is 0.370. The van der Waals surface area contributed by atoms with E-state index < -0.39 is 51.7 Å². The molecule has 0 radical (unpaired) electrons. The fourth-order valence-electron chi connectivity index (χ4n) is 4.95. The molecule has 0 aliphatic carbocycles. The number of aromatic carboxylic acids is 1. The van der Waals surface area contributed by atoms with Crippen LogP contribution in [0.2, 0.25) is 5.02 Å². The maximum atomic E-state index is 13.8.